The zero-order valence-electron chi connectivity index (χ0n) is 20.3. The molecule has 1 saturated heterocycles. The molecule has 0 aromatic heterocycles. The highest BCUT2D eigenvalue weighted by Crippen LogP contribution is 2.18. The van der Waals surface area contributed by atoms with E-state index in [-0.39, 0.29) is 11.7 Å². The van der Waals surface area contributed by atoms with E-state index < -0.39 is 5.97 Å². The van der Waals surface area contributed by atoms with Crippen molar-refractivity contribution in [3.05, 3.63) is 107 Å². The fourth-order valence-corrected chi connectivity index (χ4v) is 4.07. The molecule has 0 saturated carbocycles. The Hall–Kier alpha value is -4.23. The number of nitrogens with one attached hydrogen (secondary N) is 1. The minimum Gasteiger partial charge on any atom is -0.423 e. The smallest absolute Gasteiger partial charge is 0.343 e. The number of amides is 1. The Morgan fingerprint density at radius 1 is 0.861 bits per heavy atom. The molecule has 1 fully saturated rings. The standard InChI is InChI=1S/C29H30N4O3/c1-21(19-27(34)33-17-15-32(16-18-33)20-22-5-3-2-4-6-22)23-7-9-25(10-8-23)29(35)36-26-13-11-24(12-14-26)28(30)31/h2-14,19H,15-18,20H2,1H3,(H3,30,31). The van der Waals surface area contributed by atoms with Gasteiger partial charge in [0.1, 0.15) is 11.6 Å². The Morgan fingerprint density at radius 3 is 2.06 bits per heavy atom. The van der Waals surface area contributed by atoms with Crippen molar-refractivity contribution in [3.63, 3.8) is 0 Å². The van der Waals surface area contributed by atoms with E-state index in [9.17, 15) is 9.59 Å². The van der Waals surface area contributed by atoms with Crippen molar-refractivity contribution in [1.29, 1.82) is 5.41 Å². The van der Waals surface area contributed by atoms with Crippen molar-refractivity contribution in [3.8, 4) is 5.75 Å². The number of hydrogen-bond donors (Lipinski definition) is 2. The second kappa shape index (κ2) is 11.5. The van der Waals surface area contributed by atoms with Gasteiger partial charge in [-0.25, -0.2) is 4.79 Å². The lowest BCUT2D eigenvalue weighted by Crippen LogP contribution is -2.47. The van der Waals surface area contributed by atoms with Crippen LogP contribution in [0.2, 0.25) is 0 Å². The number of nitrogen functional groups attached to an aromatic ring is 1. The first-order chi connectivity index (χ1) is 17.4. The fraction of sp³-hybridized carbons (Fsp3) is 0.207. The van der Waals surface area contributed by atoms with Crippen LogP contribution in [0.25, 0.3) is 5.57 Å². The summed E-state index contributed by atoms with van der Waals surface area (Å²) in [6.45, 7) is 5.90. The predicted octanol–water partition coefficient (Wildman–Crippen LogP) is 3.94. The number of rotatable bonds is 7. The summed E-state index contributed by atoms with van der Waals surface area (Å²) in [5.74, 6) is -0.150. The zero-order valence-corrected chi connectivity index (χ0v) is 20.3. The lowest BCUT2D eigenvalue weighted by atomic mass is 10.0. The topological polar surface area (TPSA) is 99.7 Å². The summed E-state index contributed by atoms with van der Waals surface area (Å²) in [5, 5.41) is 7.42. The first-order valence-corrected chi connectivity index (χ1v) is 11.9. The van der Waals surface area contributed by atoms with Gasteiger partial charge in [0.2, 0.25) is 5.91 Å². The highest BCUT2D eigenvalue weighted by molar-refractivity contribution is 5.96. The van der Waals surface area contributed by atoms with Crippen LogP contribution in [0.15, 0.2) is 84.9 Å². The predicted molar refractivity (Wildman–Crippen MR) is 141 cm³/mol. The van der Waals surface area contributed by atoms with Crippen LogP contribution in [0.1, 0.15) is 34.0 Å². The van der Waals surface area contributed by atoms with Gasteiger partial charge in [-0.2, -0.15) is 0 Å². The van der Waals surface area contributed by atoms with Gasteiger partial charge >= 0.3 is 5.97 Å². The molecule has 0 bridgehead atoms. The molecule has 3 aromatic carbocycles. The summed E-state index contributed by atoms with van der Waals surface area (Å²) in [5.41, 5.74) is 9.40. The summed E-state index contributed by atoms with van der Waals surface area (Å²) >= 11 is 0. The van der Waals surface area contributed by atoms with Crippen LogP contribution < -0.4 is 10.5 Å². The van der Waals surface area contributed by atoms with Gasteiger partial charge in [-0.15, -0.1) is 0 Å². The SMILES string of the molecule is CC(=CC(=O)N1CCN(Cc2ccccc2)CC1)c1ccc(C(=O)Oc2ccc(C(=N)N)cc2)cc1. The van der Waals surface area contributed by atoms with E-state index in [1.165, 1.54) is 5.56 Å². The minimum absolute atomic E-state index is 0.00403. The van der Waals surface area contributed by atoms with E-state index in [0.717, 1.165) is 30.8 Å². The average Bonchev–Trinajstić information content (AvgIpc) is 2.90. The third-order valence-corrected chi connectivity index (χ3v) is 6.22. The molecule has 7 nitrogen and oxygen atoms in total. The van der Waals surface area contributed by atoms with Crippen LogP contribution in [-0.2, 0) is 11.3 Å². The maximum Gasteiger partial charge on any atom is 0.343 e. The number of nitrogens with two attached hydrogens (primary N) is 1. The Morgan fingerprint density at radius 2 is 1.44 bits per heavy atom. The Balaban J connectivity index is 1.30. The first kappa shape index (κ1) is 24.9. The number of carbonyl (C=O) groups excluding carboxylic acids is 2. The molecule has 0 atom stereocenters. The van der Waals surface area contributed by atoms with Gasteiger partial charge in [0.15, 0.2) is 0 Å². The Labute approximate surface area is 211 Å². The van der Waals surface area contributed by atoms with E-state index in [2.05, 4.69) is 17.0 Å². The summed E-state index contributed by atoms with van der Waals surface area (Å²) in [4.78, 5) is 29.5. The summed E-state index contributed by atoms with van der Waals surface area (Å²) in [6, 6.07) is 23.8. The Bertz CT molecular complexity index is 1240. The molecule has 4 rings (SSSR count). The van der Waals surface area contributed by atoms with Gasteiger partial charge in [0, 0.05) is 44.4 Å². The first-order valence-electron chi connectivity index (χ1n) is 11.9. The average molecular weight is 483 g/mol. The zero-order chi connectivity index (χ0) is 25.5. The van der Waals surface area contributed by atoms with Gasteiger partial charge in [0.05, 0.1) is 5.56 Å². The number of piperazine rings is 1. The summed E-state index contributed by atoms with van der Waals surface area (Å²) in [6.07, 6.45) is 1.66. The molecular formula is C29H30N4O3. The van der Waals surface area contributed by atoms with Crippen molar-refractivity contribution in [2.75, 3.05) is 26.2 Å². The normalized spacial score (nSPS) is 14.4. The van der Waals surface area contributed by atoms with Crippen molar-refractivity contribution in [2.45, 2.75) is 13.5 Å². The second-order valence-electron chi connectivity index (χ2n) is 8.82. The molecule has 184 valence electrons. The van der Waals surface area contributed by atoms with Crippen molar-refractivity contribution in [1.82, 2.24) is 9.80 Å². The molecular weight excluding hydrogens is 452 g/mol. The van der Waals surface area contributed by atoms with Crippen LogP contribution in [0.5, 0.6) is 5.75 Å². The number of allylic oxidation sites excluding steroid dienone is 1. The van der Waals surface area contributed by atoms with Crippen LogP contribution in [0.3, 0.4) is 0 Å². The van der Waals surface area contributed by atoms with Crippen LogP contribution in [0, 0.1) is 5.41 Å². The van der Waals surface area contributed by atoms with E-state index in [1.54, 1.807) is 42.5 Å². The molecule has 0 radical (unpaired) electrons. The highest BCUT2D eigenvalue weighted by Gasteiger charge is 2.20. The molecule has 1 heterocycles. The van der Waals surface area contributed by atoms with Crippen molar-refractivity contribution >= 4 is 23.3 Å². The molecule has 7 heteroatoms. The Kier molecular flexibility index (Phi) is 7.92. The number of ether oxygens (including phenoxy) is 1. The van der Waals surface area contributed by atoms with Gasteiger partial charge in [-0.1, -0.05) is 42.5 Å². The number of esters is 1. The molecule has 0 unspecified atom stereocenters. The number of nitrogens with zero attached hydrogens (tertiary/aromatic N) is 2. The van der Waals surface area contributed by atoms with Crippen LogP contribution in [-0.4, -0.2) is 53.7 Å². The highest BCUT2D eigenvalue weighted by atomic mass is 16.5. The van der Waals surface area contributed by atoms with Gasteiger partial charge in [-0.3, -0.25) is 15.1 Å². The maximum absolute atomic E-state index is 12.8. The monoisotopic (exact) mass is 482 g/mol. The number of amidine groups is 1. The number of benzene rings is 3. The van der Waals surface area contributed by atoms with Crippen LogP contribution >= 0.6 is 0 Å². The van der Waals surface area contributed by atoms with Crippen LogP contribution in [0.4, 0.5) is 0 Å². The van der Waals surface area contributed by atoms with E-state index in [1.807, 2.05) is 42.2 Å². The second-order valence-corrected chi connectivity index (χ2v) is 8.82. The largest absolute Gasteiger partial charge is 0.423 e. The molecule has 0 spiro atoms. The van der Waals surface area contributed by atoms with Gasteiger partial charge < -0.3 is 15.4 Å². The number of hydrogen-bond acceptors (Lipinski definition) is 5. The maximum atomic E-state index is 12.8. The summed E-state index contributed by atoms with van der Waals surface area (Å²) < 4.78 is 5.40. The molecule has 3 N–H and O–H groups in total. The lowest BCUT2D eigenvalue weighted by Gasteiger charge is -2.34. The van der Waals surface area contributed by atoms with E-state index in [4.69, 9.17) is 15.9 Å². The summed E-state index contributed by atoms with van der Waals surface area (Å²) in [7, 11) is 0. The minimum atomic E-state index is -0.483. The van der Waals surface area contributed by atoms with Gasteiger partial charge in [-0.05, 0) is 60.0 Å². The third-order valence-electron chi connectivity index (χ3n) is 6.22. The lowest BCUT2D eigenvalue weighted by molar-refractivity contribution is -0.127. The quantitative estimate of drug-likeness (QED) is 0.175. The van der Waals surface area contributed by atoms with Crippen molar-refractivity contribution < 1.29 is 14.3 Å². The molecule has 1 aliphatic rings. The molecule has 1 amide bonds. The van der Waals surface area contributed by atoms with Gasteiger partial charge in [0.25, 0.3) is 0 Å². The number of carbonyl (C=O) groups is 2. The molecule has 3 aromatic rings. The molecule has 1 aliphatic heterocycles. The molecule has 0 aliphatic carbocycles. The van der Waals surface area contributed by atoms with Crippen molar-refractivity contribution in [2.24, 2.45) is 5.73 Å². The van der Waals surface area contributed by atoms with E-state index >= 15 is 0 Å². The third kappa shape index (κ3) is 6.46. The fourth-order valence-electron chi connectivity index (χ4n) is 4.07. The van der Waals surface area contributed by atoms with E-state index in [0.29, 0.717) is 30.0 Å². The molecule has 36 heavy (non-hydrogen) atoms.